The van der Waals surface area contributed by atoms with Gasteiger partial charge in [0.05, 0.1) is 12.0 Å². The van der Waals surface area contributed by atoms with Crippen molar-refractivity contribution in [2.24, 2.45) is 0 Å². The monoisotopic (exact) mass is 213 g/mol. The van der Waals surface area contributed by atoms with Crippen molar-refractivity contribution >= 4 is 5.91 Å². The third kappa shape index (κ3) is 2.32. The largest absolute Gasteiger partial charge is 0.389 e. The maximum absolute atomic E-state index is 11.8. The molecule has 2 heterocycles. The molecule has 2 fully saturated rings. The summed E-state index contributed by atoms with van der Waals surface area (Å²) < 4.78 is 5.18. The van der Waals surface area contributed by atoms with Crippen LogP contribution in [0.3, 0.4) is 0 Å². The molecule has 0 aromatic rings. The van der Waals surface area contributed by atoms with E-state index in [1.54, 1.807) is 0 Å². The minimum absolute atomic E-state index is 0.0955. The van der Waals surface area contributed by atoms with Gasteiger partial charge in [-0.3, -0.25) is 4.79 Å². The van der Waals surface area contributed by atoms with Gasteiger partial charge in [0, 0.05) is 38.6 Å². The molecule has 2 rings (SSSR count). The van der Waals surface area contributed by atoms with E-state index in [2.05, 4.69) is 6.92 Å². The Morgan fingerprint density at radius 2 is 2.20 bits per heavy atom. The van der Waals surface area contributed by atoms with E-state index in [1.807, 2.05) is 4.90 Å². The normalized spacial score (nSPS) is 29.7. The van der Waals surface area contributed by atoms with Gasteiger partial charge in [-0.15, -0.1) is 0 Å². The molecule has 1 atom stereocenters. The summed E-state index contributed by atoms with van der Waals surface area (Å²) in [4.78, 5) is 13.7. The van der Waals surface area contributed by atoms with Crippen LogP contribution in [0.4, 0.5) is 0 Å². The van der Waals surface area contributed by atoms with Gasteiger partial charge in [-0.05, 0) is 13.3 Å². The van der Waals surface area contributed by atoms with Crippen LogP contribution in [-0.4, -0.2) is 47.3 Å². The number of aliphatic hydroxyl groups is 1. The first-order chi connectivity index (χ1) is 7.11. The highest BCUT2D eigenvalue weighted by molar-refractivity contribution is 5.78. The van der Waals surface area contributed by atoms with Gasteiger partial charge < -0.3 is 14.7 Å². The zero-order chi connectivity index (χ0) is 10.9. The first kappa shape index (κ1) is 10.9. The summed E-state index contributed by atoms with van der Waals surface area (Å²) in [6, 6.07) is 0.362. The maximum Gasteiger partial charge on any atom is 0.225 e. The number of hydrogen-bond acceptors (Lipinski definition) is 3. The quantitative estimate of drug-likeness (QED) is 0.728. The van der Waals surface area contributed by atoms with Crippen molar-refractivity contribution in [3.05, 3.63) is 0 Å². The fourth-order valence-electron chi connectivity index (χ4n) is 2.20. The molecule has 1 unspecified atom stereocenters. The molecule has 4 nitrogen and oxygen atoms in total. The first-order valence-electron chi connectivity index (χ1n) is 5.70. The van der Waals surface area contributed by atoms with Crippen molar-refractivity contribution in [2.75, 3.05) is 19.8 Å². The van der Waals surface area contributed by atoms with Crippen LogP contribution in [0.1, 0.15) is 32.6 Å². The number of rotatable bonds is 2. The van der Waals surface area contributed by atoms with E-state index in [4.69, 9.17) is 4.74 Å². The SMILES string of the molecule is CC1CCN1C(=O)CC1(O)CCOCC1. The fourth-order valence-corrected chi connectivity index (χ4v) is 2.20. The Bertz CT molecular complexity index is 248. The average molecular weight is 213 g/mol. The smallest absolute Gasteiger partial charge is 0.225 e. The Balaban J connectivity index is 1.87. The summed E-state index contributed by atoms with van der Waals surface area (Å²) in [6.07, 6.45) is 2.52. The average Bonchev–Trinajstić information content (AvgIpc) is 2.15. The van der Waals surface area contributed by atoms with Crippen LogP contribution in [0.15, 0.2) is 0 Å². The molecule has 86 valence electrons. The highest BCUT2D eigenvalue weighted by Gasteiger charge is 2.36. The van der Waals surface area contributed by atoms with Crippen LogP contribution in [0.2, 0.25) is 0 Å². The van der Waals surface area contributed by atoms with Gasteiger partial charge >= 0.3 is 0 Å². The summed E-state index contributed by atoms with van der Waals surface area (Å²) in [5.41, 5.74) is -0.815. The van der Waals surface area contributed by atoms with Crippen LogP contribution in [0.25, 0.3) is 0 Å². The van der Waals surface area contributed by atoms with Gasteiger partial charge in [-0.25, -0.2) is 0 Å². The number of amides is 1. The van der Waals surface area contributed by atoms with Crippen LogP contribution in [-0.2, 0) is 9.53 Å². The summed E-state index contributed by atoms with van der Waals surface area (Å²) in [7, 11) is 0. The lowest BCUT2D eigenvalue weighted by Gasteiger charge is -2.41. The van der Waals surface area contributed by atoms with Gasteiger partial charge in [-0.1, -0.05) is 0 Å². The van der Waals surface area contributed by atoms with Crippen molar-refractivity contribution in [3.8, 4) is 0 Å². The Hall–Kier alpha value is -0.610. The lowest BCUT2D eigenvalue weighted by molar-refractivity contribution is -0.147. The molecule has 0 aromatic carbocycles. The summed E-state index contributed by atoms with van der Waals surface area (Å²) in [6.45, 7) is 4.04. The Morgan fingerprint density at radius 3 is 2.67 bits per heavy atom. The van der Waals surface area contributed by atoms with E-state index < -0.39 is 5.60 Å². The van der Waals surface area contributed by atoms with Gasteiger partial charge in [-0.2, -0.15) is 0 Å². The molecule has 0 radical (unpaired) electrons. The zero-order valence-electron chi connectivity index (χ0n) is 9.24. The van der Waals surface area contributed by atoms with E-state index in [0.29, 0.717) is 32.1 Å². The summed E-state index contributed by atoms with van der Waals surface area (Å²) >= 11 is 0. The zero-order valence-corrected chi connectivity index (χ0v) is 9.24. The van der Waals surface area contributed by atoms with E-state index >= 15 is 0 Å². The first-order valence-corrected chi connectivity index (χ1v) is 5.70. The minimum Gasteiger partial charge on any atom is -0.389 e. The van der Waals surface area contributed by atoms with Gasteiger partial charge in [0.25, 0.3) is 0 Å². The van der Waals surface area contributed by atoms with Crippen molar-refractivity contribution in [1.82, 2.24) is 4.90 Å². The lowest BCUT2D eigenvalue weighted by Crippen LogP contribution is -2.52. The third-order valence-corrected chi connectivity index (χ3v) is 3.54. The second-order valence-electron chi connectivity index (χ2n) is 4.74. The van der Waals surface area contributed by atoms with Crippen LogP contribution in [0, 0.1) is 0 Å². The van der Waals surface area contributed by atoms with Crippen molar-refractivity contribution in [3.63, 3.8) is 0 Å². The molecule has 1 amide bonds. The third-order valence-electron chi connectivity index (χ3n) is 3.54. The van der Waals surface area contributed by atoms with Crippen LogP contribution >= 0.6 is 0 Å². The highest BCUT2D eigenvalue weighted by Crippen LogP contribution is 2.27. The number of likely N-dealkylation sites (tertiary alicyclic amines) is 1. The fraction of sp³-hybridized carbons (Fsp3) is 0.909. The maximum atomic E-state index is 11.8. The second-order valence-corrected chi connectivity index (χ2v) is 4.74. The topological polar surface area (TPSA) is 49.8 Å². The second kappa shape index (κ2) is 4.10. The van der Waals surface area contributed by atoms with Gasteiger partial charge in [0.1, 0.15) is 0 Å². The Kier molecular flexibility index (Phi) is 2.98. The number of ether oxygens (including phenoxy) is 1. The van der Waals surface area contributed by atoms with Crippen molar-refractivity contribution in [1.29, 1.82) is 0 Å². The molecule has 2 aliphatic heterocycles. The van der Waals surface area contributed by atoms with E-state index in [9.17, 15) is 9.90 Å². The molecule has 0 bridgehead atoms. The predicted molar refractivity (Wildman–Crippen MR) is 55.4 cm³/mol. The Labute approximate surface area is 90.2 Å². The molecule has 0 aromatic heterocycles. The van der Waals surface area contributed by atoms with Crippen LogP contribution < -0.4 is 0 Å². The predicted octanol–water partition coefficient (Wildman–Crippen LogP) is 0.539. The molecule has 4 heteroatoms. The Morgan fingerprint density at radius 1 is 1.53 bits per heavy atom. The summed E-state index contributed by atoms with van der Waals surface area (Å²) in [5.74, 6) is 0.0955. The number of nitrogens with zero attached hydrogens (tertiary/aromatic N) is 1. The lowest BCUT2D eigenvalue weighted by atomic mass is 9.89. The summed E-state index contributed by atoms with van der Waals surface area (Å²) in [5, 5.41) is 10.2. The molecule has 1 N–H and O–H groups in total. The number of carbonyl (C=O) groups is 1. The molecule has 2 saturated heterocycles. The van der Waals surface area contributed by atoms with Crippen LogP contribution in [0.5, 0.6) is 0 Å². The van der Waals surface area contributed by atoms with Crippen molar-refractivity contribution < 1.29 is 14.6 Å². The van der Waals surface area contributed by atoms with Gasteiger partial charge in [0.15, 0.2) is 0 Å². The standard InChI is InChI=1S/C11H19NO3/c1-9-2-5-12(9)10(13)8-11(14)3-6-15-7-4-11/h9,14H,2-8H2,1H3. The molecule has 15 heavy (non-hydrogen) atoms. The molecular formula is C11H19NO3. The van der Waals surface area contributed by atoms with E-state index in [0.717, 1.165) is 13.0 Å². The highest BCUT2D eigenvalue weighted by atomic mass is 16.5. The molecule has 2 aliphatic rings. The van der Waals surface area contributed by atoms with E-state index in [-0.39, 0.29) is 12.3 Å². The van der Waals surface area contributed by atoms with E-state index in [1.165, 1.54) is 0 Å². The van der Waals surface area contributed by atoms with Gasteiger partial charge in [0.2, 0.25) is 5.91 Å². The molecule has 0 saturated carbocycles. The molecular weight excluding hydrogens is 194 g/mol. The number of carbonyl (C=O) groups excluding carboxylic acids is 1. The molecule has 0 aliphatic carbocycles. The number of hydrogen-bond donors (Lipinski definition) is 1. The molecule has 0 spiro atoms. The van der Waals surface area contributed by atoms with Crippen molar-refractivity contribution in [2.45, 2.75) is 44.2 Å². The minimum atomic E-state index is -0.815.